The number of phenolic OH excluding ortho intramolecular Hbond substituents is 1. The molecule has 1 amide bonds. The van der Waals surface area contributed by atoms with Gasteiger partial charge in [-0.3, -0.25) is 9.69 Å². The van der Waals surface area contributed by atoms with Crippen molar-refractivity contribution < 1.29 is 14.3 Å². The number of carbonyl (C=O) groups is 1. The van der Waals surface area contributed by atoms with Gasteiger partial charge in [-0.05, 0) is 69.5 Å². The Kier molecular flexibility index (Phi) is 4.55. The molecule has 4 nitrogen and oxygen atoms in total. The van der Waals surface area contributed by atoms with Crippen LogP contribution in [-0.2, 0) is 16.8 Å². The summed E-state index contributed by atoms with van der Waals surface area (Å²) < 4.78 is 13.9. The van der Waals surface area contributed by atoms with Crippen LogP contribution in [0, 0.1) is 5.82 Å². The molecular weight excluding hydrogens is 407 g/mol. The van der Waals surface area contributed by atoms with Crippen LogP contribution in [-0.4, -0.2) is 28.1 Å². The highest BCUT2D eigenvalue weighted by Gasteiger charge is 2.51. The first-order valence-corrected chi connectivity index (χ1v) is 8.89. The third kappa shape index (κ3) is 2.71. The normalized spacial score (nSPS) is 20.1. The van der Waals surface area contributed by atoms with Crippen LogP contribution in [0.15, 0.2) is 40.9 Å². The van der Waals surface area contributed by atoms with Gasteiger partial charge in [0.15, 0.2) is 10.7 Å². The van der Waals surface area contributed by atoms with Gasteiger partial charge in [0.1, 0.15) is 11.6 Å². The van der Waals surface area contributed by atoms with Gasteiger partial charge in [-0.2, -0.15) is 0 Å². The SMILES string of the molecule is CCc1ccc(C2(c3ccc(F)c(Br)c3)NC(=S)N(C)C2=O)cc1O. The summed E-state index contributed by atoms with van der Waals surface area (Å²) in [5.74, 6) is -0.611. The summed E-state index contributed by atoms with van der Waals surface area (Å²) in [5, 5.41) is 13.6. The molecule has 1 aliphatic rings. The number of aromatic hydroxyl groups is 1. The fraction of sp³-hybridized carbons (Fsp3) is 0.222. The summed E-state index contributed by atoms with van der Waals surface area (Å²) in [6.45, 7) is 1.93. The van der Waals surface area contributed by atoms with Crippen LogP contribution in [0.4, 0.5) is 4.39 Å². The van der Waals surface area contributed by atoms with Crippen molar-refractivity contribution in [1.82, 2.24) is 10.2 Å². The Bertz CT molecular complexity index is 889. The molecule has 130 valence electrons. The molecule has 0 spiro atoms. The molecule has 1 unspecified atom stereocenters. The van der Waals surface area contributed by atoms with Crippen molar-refractivity contribution in [2.24, 2.45) is 0 Å². The molecule has 2 N–H and O–H groups in total. The van der Waals surface area contributed by atoms with Crippen LogP contribution in [0.5, 0.6) is 5.75 Å². The molecule has 2 aromatic carbocycles. The van der Waals surface area contributed by atoms with Gasteiger partial charge in [-0.25, -0.2) is 4.39 Å². The highest BCUT2D eigenvalue weighted by atomic mass is 79.9. The lowest BCUT2D eigenvalue weighted by Gasteiger charge is -2.29. The van der Waals surface area contributed by atoms with Crippen LogP contribution in [0.25, 0.3) is 0 Å². The molecule has 1 aliphatic heterocycles. The van der Waals surface area contributed by atoms with Crippen LogP contribution in [0.3, 0.4) is 0 Å². The lowest BCUT2D eigenvalue weighted by atomic mass is 9.82. The Morgan fingerprint density at radius 1 is 1.28 bits per heavy atom. The maximum Gasteiger partial charge on any atom is 0.263 e. The zero-order chi connectivity index (χ0) is 18.4. The number of halogens is 2. The molecule has 0 aliphatic carbocycles. The smallest absolute Gasteiger partial charge is 0.263 e. The largest absolute Gasteiger partial charge is 0.508 e. The van der Waals surface area contributed by atoms with Gasteiger partial charge in [0, 0.05) is 7.05 Å². The minimum atomic E-state index is -1.31. The molecule has 1 saturated heterocycles. The van der Waals surface area contributed by atoms with Crippen molar-refractivity contribution >= 4 is 39.2 Å². The van der Waals surface area contributed by atoms with Crippen molar-refractivity contribution in [3.63, 3.8) is 0 Å². The summed E-state index contributed by atoms with van der Waals surface area (Å²) in [7, 11) is 1.58. The van der Waals surface area contributed by atoms with Crippen molar-refractivity contribution in [3.8, 4) is 5.75 Å². The minimum Gasteiger partial charge on any atom is -0.508 e. The predicted molar refractivity (Wildman–Crippen MR) is 101 cm³/mol. The maximum absolute atomic E-state index is 13.7. The first-order valence-electron chi connectivity index (χ1n) is 7.69. The van der Waals surface area contributed by atoms with E-state index in [9.17, 15) is 14.3 Å². The summed E-state index contributed by atoms with van der Waals surface area (Å²) in [6, 6.07) is 9.49. The molecule has 2 aromatic rings. The molecule has 3 rings (SSSR count). The van der Waals surface area contributed by atoms with E-state index in [0.29, 0.717) is 17.5 Å². The van der Waals surface area contributed by atoms with Crippen molar-refractivity contribution in [1.29, 1.82) is 0 Å². The number of rotatable bonds is 3. The number of hydrogen-bond donors (Lipinski definition) is 2. The third-order valence-electron chi connectivity index (χ3n) is 4.48. The van der Waals surface area contributed by atoms with E-state index >= 15 is 0 Å². The van der Waals surface area contributed by atoms with Crippen LogP contribution < -0.4 is 5.32 Å². The third-order valence-corrected chi connectivity index (χ3v) is 5.46. The summed E-state index contributed by atoms with van der Waals surface area (Å²) in [6.07, 6.45) is 0.668. The number of aryl methyl sites for hydroxylation is 1. The molecule has 1 fully saturated rings. The van der Waals surface area contributed by atoms with Crippen LogP contribution in [0.2, 0.25) is 0 Å². The summed E-state index contributed by atoms with van der Waals surface area (Å²) >= 11 is 8.42. The molecule has 1 atom stereocenters. The topological polar surface area (TPSA) is 52.6 Å². The second-order valence-corrected chi connectivity index (χ2v) is 7.11. The highest BCUT2D eigenvalue weighted by Crippen LogP contribution is 2.39. The van der Waals surface area contributed by atoms with E-state index in [1.54, 1.807) is 31.3 Å². The zero-order valence-corrected chi connectivity index (χ0v) is 16.0. The molecule has 25 heavy (non-hydrogen) atoms. The van der Waals surface area contributed by atoms with Gasteiger partial charge in [-0.15, -0.1) is 0 Å². The molecule has 1 heterocycles. The molecule has 0 bridgehead atoms. The number of benzene rings is 2. The number of nitrogens with one attached hydrogen (secondary N) is 1. The molecule has 0 saturated carbocycles. The lowest BCUT2D eigenvalue weighted by molar-refractivity contribution is -0.129. The van der Waals surface area contributed by atoms with Crippen molar-refractivity contribution in [3.05, 3.63) is 63.4 Å². The first kappa shape index (κ1) is 17.8. The number of amides is 1. The predicted octanol–water partition coefficient (Wildman–Crippen LogP) is 3.45. The Balaban J connectivity index is 2.27. The number of nitrogens with zero attached hydrogens (tertiary/aromatic N) is 1. The highest BCUT2D eigenvalue weighted by molar-refractivity contribution is 9.10. The Morgan fingerprint density at radius 2 is 1.92 bits per heavy atom. The van der Waals surface area contributed by atoms with Gasteiger partial charge in [-0.1, -0.05) is 25.1 Å². The van der Waals surface area contributed by atoms with E-state index in [1.165, 1.54) is 17.0 Å². The number of phenols is 1. The fourth-order valence-corrected chi connectivity index (χ4v) is 3.64. The molecular formula is C18H16BrFN2O2S. The van der Waals surface area contributed by atoms with E-state index in [0.717, 1.165) is 5.56 Å². The summed E-state index contributed by atoms with van der Waals surface area (Å²) in [4.78, 5) is 14.4. The molecule has 7 heteroatoms. The Morgan fingerprint density at radius 3 is 2.44 bits per heavy atom. The van der Waals surface area contributed by atoms with E-state index in [2.05, 4.69) is 21.2 Å². The van der Waals surface area contributed by atoms with Gasteiger partial charge in [0.25, 0.3) is 5.91 Å². The van der Waals surface area contributed by atoms with Gasteiger partial charge < -0.3 is 10.4 Å². The summed E-state index contributed by atoms with van der Waals surface area (Å²) in [5.41, 5.74) is 0.533. The maximum atomic E-state index is 13.7. The number of thiocarbonyl (C=S) groups is 1. The number of carbonyl (C=O) groups excluding carboxylic acids is 1. The minimum absolute atomic E-state index is 0.107. The van der Waals surface area contributed by atoms with E-state index in [1.807, 2.05) is 6.92 Å². The van der Waals surface area contributed by atoms with Gasteiger partial charge in [0.05, 0.1) is 4.47 Å². The average molecular weight is 423 g/mol. The Labute approximate surface area is 158 Å². The van der Waals surface area contributed by atoms with Crippen molar-refractivity contribution in [2.45, 2.75) is 18.9 Å². The van der Waals surface area contributed by atoms with Gasteiger partial charge >= 0.3 is 0 Å². The molecule has 0 aromatic heterocycles. The van der Waals surface area contributed by atoms with Crippen LogP contribution in [0.1, 0.15) is 23.6 Å². The number of likely N-dealkylation sites (N-methyl/N-ethyl adjacent to an activating group) is 1. The van der Waals surface area contributed by atoms with Crippen LogP contribution >= 0.6 is 28.1 Å². The fourth-order valence-electron chi connectivity index (χ4n) is 3.02. The monoisotopic (exact) mass is 422 g/mol. The van der Waals surface area contributed by atoms with E-state index in [4.69, 9.17) is 12.2 Å². The number of hydrogen-bond acceptors (Lipinski definition) is 3. The second-order valence-electron chi connectivity index (χ2n) is 5.87. The van der Waals surface area contributed by atoms with E-state index in [-0.39, 0.29) is 21.2 Å². The molecule has 0 radical (unpaired) electrons. The van der Waals surface area contributed by atoms with Gasteiger partial charge in [0.2, 0.25) is 0 Å². The average Bonchev–Trinajstić information content (AvgIpc) is 2.82. The first-order chi connectivity index (χ1) is 11.8. The Hall–Kier alpha value is -1.99. The quantitative estimate of drug-likeness (QED) is 0.743. The zero-order valence-electron chi connectivity index (χ0n) is 13.6. The standard InChI is InChI=1S/C18H16BrFN2O2S/c1-3-10-4-5-12(9-15(10)23)18(16(24)22(2)17(25)21-18)11-6-7-14(20)13(19)8-11/h4-9,23H,3H2,1-2H3,(H,21,25). The van der Waals surface area contributed by atoms with E-state index < -0.39 is 11.4 Å². The second kappa shape index (κ2) is 6.38. The van der Waals surface area contributed by atoms with Crippen molar-refractivity contribution in [2.75, 3.05) is 7.05 Å². The lowest BCUT2D eigenvalue weighted by Crippen LogP contribution is -2.45.